The Balaban J connectivity index is 1.49. The van der Waals surface area contributed by atoms with E-state index in [2.05, 4.69) is 6.58 Å². The van der Waals surface area contributed by atoms with E-state index in [0.29, 0.717) is 36.4 Å². The smallest absolute Gasteiger partial charge is 0.333 e. The standard InChI is InChI=1S/C14H16O4/c1-6(2)13(16)17-5-7-8-3-9-11-12(7)18-10(15)4-14(8,9)11/h7-9,11-12H,1,3-5H2,2H3. The van der Waals surface area contributed by atoms with Crippen molar-refractivity contribution in [3.8, 4) is 0 Å². The van der Waals surface area contributed by atoms with E-state index in [1.165, 1.54) is 6.42 Å². The number of esters is 2. The second kappa shape index (κ2) is 2.98. The van der Waals surface area contributed by atoms with E-state index >= 15 is 0 Å². The molecule has 6 unspecified atom stereocenters. The summed E-state index contributed by atoms with van der Waals surface area (Å²) in [6.45, 7) is 5.59. The van der Waals surface area contributed by atoms with Crippen LogP contribution in [-0.2, 0) is 19.1 Å². The molecule has 0 N–H and O–H groups in total. The van der Waals surface area contributed by atoms with Crippen molar-refractivity contribution in [2.45, 2.75) is 25.9 Å². The average Bonchev–Trinajstić information content (AvgIpc) is 2.79. The fourth-order valence-corrected chi connectivity index (χ4v) is 4.89. The molecular formula is C14H16O4. The molecule has 1 heterocycles. The van der Waals surface area contributed by atoms with Gasteiger partial charge in [-0.1, -0.05) is 6.58 Å². The quantitative estimate of drug-likeness (QED) is 0.558. The number of carbonyl (C=O) groups excluding carboxylic acids is 2. The van der Waals surface area contributed by atoms with E-state index in [1.807, 2.05) is 0 Å². The van der Waals surface area contributed by atoms with Crippen LogP contribution in [0.2, 0.25) is 0 Å². The van der Waals surface area contributed by atoms with Crippen molar-refractivity contribution in [1.29, 1.82) is 0 Å². The summed E-state index contributed by atoms with van der Waals surface area (Å²) in [4.78, 5) is 23.0. The lowest BCUT2D eigenvalue weighted by Crippen LogP contribution is -2.39. The first-order valence-electron chi connectivity index (χ1n) is 6.58. The maximum atomic E-state index is 11.6. The maximum absolute atomic E-state index is 11.6. The van der Waals surface area contributed by atoms with Crippen LogP contribution < -0.4 is 0 Å². The Hall–Kier alpha value is -1.32. The van der Waals surface area contributed by atoms with Gasteiger partial charge in [-0.3, -0.25) is 4.79 Å². The molecule has 0 aromatic carbocycles. The molecule has 1 spiro atoms. The highest BCUT2D eigenvalue weighted by molar-refractivity contribution is 5.86. The summed E-state index contributed by atoms with van der Waals surface area (Å²) >= 11 is 0. The van der Waals surface area contributed by atoms with Crippen LogP contribution in [0.5, 0.6) is 0 Å². The molecule has 4 fully saturated rings. The van der Waals surface area contributed by atoms with Crippen LogP contribution in [0, 0.1) is 29.1 Å². The molecule has 96 valence electrons. The van der Waals surface area contributed by atoms with Gasteiger partial charge in [0.1, 0.15) is 6.10 Å². The second-order valence-corrected chi connectivity index (χ2v) is 6.26. The molecule has 4 rings (SSSR count). The predicted octanol–water partition coefficient (Wildman–Crippen LogP) is 1.30. The largest absolute Gasteiger partial charge is 0.462 e. The second-order valence-electron chi connectivity index (χ2n) is 6.26. The summed E-state index contributed by atoms with van der Waals surface area (Å²) in [6.07, 6.45) is 1.79. The molecule has 0 amide bonds. The lowest BCUT2D eigenvalue weighted by atomic mass is 9.66. The van der Waals surface area contributed by atoms with Gasteiger partial charge in [0.2, 0.25) is 0 Å². The molecule has 4 heteroatoms. The van der Waals surface area contributed by atoms with E-state index < -0.39 is 0 Å². The van der Waals surface area contributed by atoms with Gasteiger partial charge in [-0.25, -0.2) is 4.79 Å². The first-order valence-corrected chi connectivity index (χ1v) is 6.58. The summed E-state index contributed by atoms with van der Waals surface area (Å²) in [7, 11) is 0. The van der Waals surface area contributed by atoms with E-state index in [9.17, 15) is 9.59 Å². The molecule has 4 aliphatic rings. The molecule has 1 aliphatic heterocycles. The van der Waals surface area contributed by atoms with E-state index in [0.717, 1.165) is 0 Å². The number of carbonyl (C=O) groups is 2. The minimum absolute atomic E-state index is 0.00733. The first kappa shape index (κ1) is 10.6. The Kier molecular flexibility index (Phi) is 1.75. The molecule has 4 nitrogen and oxygen atoms in total. The van der Waals surface area contributed by atoms with Crippen LogP contribution in [0.1, 0.15) is 19.8 Å². The van der Waals surface area contributed by atoms with Gasteiger partial charge in [-0.2, -0.15) is 0 Å². The average molecular weight is 248 g/mol. The molecule has 18 heavy (non-hydrogen) atoms. The lowest BCUT2D eigenvalue weighted by molar-refractivity contribution is -0.157. The normalized spacial score (nSPS) is 49.8. The van der Waals surface area contributed by atoms with Crippen LogP contribution in [-0.4, -0.2) is 24.6 Å². The number of ether oxygens (including phenoxy) is 2. The Bertz CT molecular complexity index is 482. The van der Waals surface area contributed by atoms with Crippen molar-refractivity contribution in [2.75, 3.05) is 6.61 Å². The summed E-state index contributed by atoms with van der Waals surface area (Å²) < 4.78 is 10.7. The zero-order valence-electron chi connectivity index (χ0n) is 10.3. The van der Waals surface area contributed by atoms with Crippen LogP contribution in [0.4, 0.5) is 0 Å². The highest BCUT2D eigenvalue weighted by atomic mass is 16.6. The molecule has 6 atom stereocenters. The third-order valence-corrected chi connectivity index (χ3v) is 5.60. The van der Waals surface area contributed by atoms with Gasteiger partial charge < -0.3 is 9.47 Å². The highest BCUT2D eigenvalue weighted by Gasteiger charge is 2.87. The van der Waals surface area contributed by atoms with Crippen molar-refractivity contribution in [1.82, 2.24) is 0 Å². The van der Waals surface area contributed by atoms with Gasteiger partial charge in [-0.15, -0.1) is 0 Å². The molecule has 0 radical (unpaired) electrons. The van der Waals surface area contributed by atoms with Gasteiger partial charge in [0.15, 0.2) is 0 Å². The van der Waals surface area contributed by atoms with Crippen LogP contribution in [0.25, 0.3) is 0 Å². The molecule has 1 saturated heterocycles. The molecule has 0 aromatic heterocycles. The Morgan fingerprint density at radius 3 is 3.06 bits per heavy atom. The van der Waals surface area contributed by atoms with Crippen molar-refractivity contribution in [2.24, 2.45) is 29.1 Å². The van der Waals surface area contributed by atoms with Gasteiger partial charge in [0.25, 0.3) is 0 Å². The Morgan fingerprint density at radius 1 is 1.56 bits per heavy atom. The number of hydrogen-bond acceptors (Lipinski definition) is 4. The van der Waals surface area contributed by atoms with Gasteiger partial charge >= 0.3 is 11.9 Å². The van der Waals surface area contributed by atoms with Crippen molar-refractivity contribution >= 4 is 11.9 Å². The van der Waals surface area contributed by atoms with Gasteiger partial charge in [0, 0.05) is 17.4 Å². The third-order valence-electron chi connectivity index (χ3n) is 5.60. The molecule has 0 aromatic rings. The van der Waals surface area contributed by atoms with Crippen LogP contribution in [0.3, 0.4) is 0 Å². The number of hydrogen-bond donors (Lipinski definition) is 0. The number of rotatable bonds is 3. The minimum atomic E-state index is -0.343. The van der Waals surface area contributed by atoms with Gasteiger partial charge in [0.05, 0.1) is 13.0 Å². The van der Waals surface area contributed by atoms with Crippen molar-refractivity contribution in [3.63, 3.8) is 0 Å². The summed E-state index contributed by atoms with van der Waals surface area (Å²) in [5, 5.41) is 0. The molecular weight excluding hydrogens is 232 g/mol. The Labute approximate surface area is 105 Å². The van der Waals surface area contributed by atoms with E-state index in [4.69, 9.17) is 9.47 Å². The zero-order valence-corrected chi connectivity index (χ0v) is 10.3. The monoisotopic (exact) mass is 248 g/mol. The summed E-state index contributed by atoms with van der Waals surface area (Å²) in [5.41, 5.74) is 0.670. The first-order chi connectivity index (χ1) is 8.55. The lowest BCUT2D eigenvalue weighted by Gasteiger charge is -2.38. The van der Waals surface area contributed by atoms with Gasteiger partial charge in [-0.05, 0) is 30.6 Å². The predicted molar refractivity (Wildman–Crippen MR) is 61.3 cm³/mol. The molecule has 3 aliphatic carbocycles. The van der Waals surface area contributed by atoms with Crippen LogP contribution >= 0.6 is 0 Å². The maximum Gasteiger partial charge on any atom is 0.333 e. The minimum Gasteiger partial charge on any atom is -0.462 e. The van der Waals surface area contributed by atoms with Crippen LogP contribution in [0.15, 0.2) is 12.2 Å². The fraction of sp³-hybridized carbons (Fsp3) is 0.714. The SMILES string of the molecule is C=C(C)C(=O)OCC1C2OC(=O)CC34C1CC3C24. The summed E-state index contributed by atoms with van der Waals surface area (Å²) in [5.74, 6) is 1.62. The zero-order chi connectivity index (χ0) is 12.7. The van der Waals surface area contributed by atoms with Crippen molar-refractivity contribution < 1.29 is 19.1 Å². The highest BCUT2D eigenvalue weighted by Crippen LogP contribution is 2.86. The topological polar surface area (TPSA) is 52.6 Å². The van der Waals surface area contributed by atoms with Crippen molar-refractivity contribution in [3.05, 3.63) is 12.2 Å². The Morgan fingerprint density at radius 2 is 2.33 bits per heavy atom. The summed E-state index contributed by atoms with van der Waals surface area (Å²) in [6, 6.07) is 0. The molecule has 2 bridgehead atoms. The molecule has 3 saturated carbocycles. The third kappa shape index (κ3) is 0.990. The fourth-order valence-electron chi connectivity index (χ4n) is 4.89. The van der Waals surface area contributed by atoms with E-state index in [1.54, 1.807) is 6.92 Å². The van der Waals surface area contributed by atoms with E-state index in [-0.39, 0.29) is 29.4 Å².